The van der Waals surface area contributed by atoms with E-state index in [9.17, 15) is 8.42 Å². The molecule has 1 N–H and O–H groups in total. The van der Waals surface area contributed by atoms with Gasteiger partial charge >= 0.3 is 10.2 Å². The number of allylic oxidation sites excluding steroid dienone is 1. The zero-order chi connectivity index (χ0) is 6.91. The molecule has 1 aliphatic heterocycles. The molecule has 0 atom stereocenters. The third-order valence-corrected chi connectivity index (χ3v) is 2.05. The number of nitrogens with zero attached hydrogens (tertiary/aromatic N) is 1. The minimum absolute atomic E-state index is 0.766. The Balaban J connectivity index is 2.95. The van der Waals surface area contributed by atoms with E-state index in [1.165, 1.54) is 12.4 Å². The highest BCUT2D eigenvalue weighted by Gasteiger charge is 2.06. The van der Waals surface area contributed by atoms with Crippen molar-refractivity contribution in [1.82, 2.24) is 4.72 Å². The van der Waals surface area contributed by atoms with Gasteiger partial charge in [0.2, 0.25) is 0 Å². The Bertz CT molecular complexity index is 266. The first-order valence-corrected chi connectivity index (χ1v) is 4.55. The lowest BCUT2D eigenvalue weighted by molar-refractivity contribution is 0.592. The van der Waals surface area contributed by atoms with E-state index in [1.807, 2.05) is 22.6 Å². The largest absolute Gasteiger partial charge is 0.341 e. The summed E-state index contributed by atoms with van der Waals surface area (Å²) < 4.78 is 27.0. The summed E-state index contributed by atoms with van der Waals surface area (Å²) in [6.07, 6.45) is 2.66. The van der Waals surface area contributed by atoms with Gasteiger partial charge in [0.15, 0.2) is 0 Å². The molecule has 0 aromatic heterocycles. The van der Waals surface area contributed by atoms with Gasteiger partial charge in [-0.05, 0) is 22.6 Å². The van der Waals surface area contributed by atoms with E-state index in [4.69, 9.17) is 0 Å². The second kappa shape index (κ2) is 2.25. The van der Waals surface area contributed by atoms with Crippen LogP contribution in [0, 0.1) is 0 Å². The molecule has 1 heterocycles. The Hall–Kier alpha value is -0.110. The Morgan fingerprint density at radius 2 is 2.33 bits per heavy atom. The number of hydrogen-bond donors (Lipinski definition) is 1. The van der Waals surface area contributed by atoms with Gasteiger partial charge in [0.25, 0.3) is 0 Å². The first kappa shape index (κ1) is 7.00. The maximum atomic E-state index is 10.4. The maximum absolute atomic E-state index is 10.4. The Morgan fingerprint density at radius 3 is 2.67 bits per heavy atom. The first-order valence-electron chi connectivity index (χ1n) is 2.03. The third kappa shape index (κ3) is 1.94. The second-order valence-electron chi connectivity index (χ2n) is 1.36. The fourth-order valence-electron chi connectivity index (χ4n) is 0.318. The van der Waals surface area contributed by atoms with Crippen LogP contribution in [0.1, 0.15) is 0 Å². The lowest BCUT2D eigenvalue weighted by atomic mass is 10.7. The molecule has 0 spiro atoms. The average molecular weight is 258 g/mol. The highest BCUT2D eigenvalue weighted by Crippen LogP contribution is 2.05. The quantitative estimate of drug-likeness (QED) is 0.630. The fraction of sp³-hybridized carbons (Fsp3) is 0. The highest BCUT2D eigenvalue weighted by molar-refractivity contribution is 14.1. The number of rotatable bonds is 0. The molecule has 4 nitrogen and oxygen atoms in total. The Morgan fingerprint density at radius 1 is 1.67 bits per heavy atom. The van der Waals surface area contributed by atoms with Crippen molar-refractivity contribution < 1.29 is 8.42 Å². The first-order chi connectivity index (χ1) is 4.10. The van der Waals surface area contributed by atoms with Gasteiger partial charge in [-0.15, -0.1) is 0 Å². The summed E-state index contributed by atoms with van der Waals surface area (Å²) in [5.74, 6) is 0. The molecule has 0 aromatic rings. The van der Waals surface area contributed by atoms with Gasteiger partial charge in [-0.3, -0.25) is 4.72 Å². The van der Waals surface area contributed by atoms with Crippen LogP contribution in [-0.2, 0) is 10.2 Å². The molecule has 0 bridgehead atoms. The van der Waals surface area contributed by atoms with Crippen LogP contribution in [0.5, 0.6) is 0 Å². The lowest BCUT2D eigenvalue weighted by Crippen LogP contribution is -2.18. The summed E-state index contributed by atoms with van der Waals surface area (Å²) in [5, 5.41) is 0. The van der Waals surface area contributed by atoms with E-state index >= 15 is 0 Å². The van der Waals surface area contributed by atoms with E-state index in [1.54, 1.807) is 0 Å². The molecular formula is C3H3IN2O2S. The molecule has 0 aliphatic carbocycles. The van der Waals surface area contributed by atoms with E-state index in [0.717, 1.165) is 3.58 Å². The topological polar surface area (TPSA) is 58.5 Å². The van der Waals surface area contributed by atoms with Gasteiger partial charge < -0.3 is 0 Å². The third-order valence-electron chi connectivity index (χ3n) is 0.661. The molecule has 0 aromatic carbocycles. The predicted octanol–water partition coefficient (Wildman–Crippen LogP) is 0.182. The van der Waals surface area contributed by atoms with Crippen LogP contribution in [0.2, 0.25) is 0 Å². The smallest absolute Gasteiger partial charge is 0.271 e. The number of halogens is 1. The molecule has 0 unspecified atom stereocenters. The van der Waals surface area contributed by atoms with Crippen molar-refractivity contribution in [3.63, 3.8) is 0 Å². The summed E-state index contributed by atoms with van der Waals surface area (Å²) in [5.41, 5.74) is 0. The van der Waals surface area contributed by atoms with Gasteiger partial charge in [0.05, 0.1) is 6.21 Å². The van der Waals surface area contributed by atoms with Crippen molar-refractivity contribution in [2.24, 2.45) is 4.40 Å². The van der Waals surface area contributed by atoms with Gasteiger partial charge in [-0.25, -0.2) is 0 Å². The number of nitrogens with one attached hydrogen (secondary N) is 1. The van der Waals surface area contributed by atoms with Gasteiger partial charge in [-0.2, -0.15) is 12.8 Å². The molecule has 1 rings (SSSR count). The van der Waals surface area contributed by atoms with Gasteiger partial charge in [0.1, 0.15) is 0 Å². The molecule has 0 saturated carbocycles. The molecule has 50 valence electrons. The SMILES string of the molecule is O=S1(=O)N=CC(I)=CN1. The van der Waals surface area contributed by atoms with Crippen molar-refractivity contribution in [2.75, 3.05) is 0 Å². The maximum Gasteiger partial charge on any atom is 0.341 e. The van der Waals surface area contributed by atoms with Gasteiger partial charge in [0, 0.05) is 9.78 Å². The van der Waals surface area contributed by atoms with E-state index in [0.29, 0.717) is 0 Å². The van der Waals surface area contributed by atoms with Crippen molar-refractivity contribution >= 4 is 39.0 Å². The summed E-state index contributed by atoms with van der Waals surface area (Å²) in [7, 11) is -3.38. The molecule has 0 radical (unpaired) electrons. The Kier molecular flexibility index (Phi) is 1.75. The summed E-state index contributed by atoms with van der Waals surface area (Å²) in [6.45, 7) is 0. The van der Waals surface area contributed by atoms with E-state index in [2.05, 4.69) is 9.12 Å². The molecule has 0 amide bonds. The predicted molar refractivity (Wildman–Crippen MR) is 42.7 cm³/mol. The molecule has 0 fully saturated rings. The fourth-order valence-corrected chi connectivity index (χ4v) is 1.60. The van der Waals surface area contributed by atoms with E-state index < -0.39 is 10.2 Å². The summed E-state index contributed by atoms with van der Waals surface area (Å²) >= 11 is 1.96. The molecule has 1 aliphatic rings. The van der Waals surface area contributed by atoms with Crippen molar-refractivity contribution in [3.8, 4) is 0 Å². The summed E-state index contributed by atoms with van der Waals surface area (Å²) in [4.78, 5) is 0. The van der Waals surface area contributed by atoms with Crippen LogP contribution in [0.3, 0.4) is 0 Å². The molecular weight excluding hydrogens is 255 g/mol. The second-order valence-corrected chi connectivity index (χ2v) is 4.00. The zero-order valence-electron chi connectivity index (χ0n) is 4.20. The van der Waals surface area contributed by atoms with E-state index in [-0.39, 0.29) is 0 Å². The lowest BCUT2D eigenvalue weighted by Gasteiger charge is -2.00. The normalized spacial score (nSPS) is 22.6. The standard InChI is InChI=1S/C3H3IN2O2S/c4-3-1-5-9(7,8)6-2-3/h1-2,5H. The summed E-state index contributed by atoms with van der Waals surface area (Å²) in [6, 6.07) is 0. The minimum atomic E-state index is -3.38. The Labute approximate surface area is 66.4 Å². The molecule has 9 heavy (non-hydrogen) atoms. The van der Waals surface area contributed by atoms with Gasteiger partial charge in [-0.1, -0.05) is 0 Å². The van der Waals surface area contributed by atoms with Crippen LogP contribution in [-0.4, -0.2) is 14.6 Å². The minimum Gasteiger partial charge on any atom is -0.271 e. The highest BCUT2D eigenvalue weighted by atomic mass is 127. The van der Waals surface area contributed by atoms with Crippen LogP contribution in [0.25, 0.3) is 0 Å². The van der Waals surface area contributed by atoms with Crippen LogP contribution in [0.15, 0.2) is 14.2 Å². The van der Waals surface area contributed by atoms with Crippen molar-refractivity contribution in [2.45, 2.75) is 0 Å². The van der Waals surface area contributed by atoms with Crippen molar-refractivity contribution in [3.05, 3.63) is 9.78 Å². The van der Waals surface area contributed by atoms with Crippen molar-refractivity contribution in [1.29, 1.82) is 0 Å². The molecule has 6 heteroatoms. The number of hydrogen-bond acceptors (Lipinski definition) is 2. The molecule has 0 saturated heterocycles. The monoisotopic (exact) mass is 258 g/mol. The van der Waals surface area contributed by atoms with Crippen LogP contribution < -0.4 is 4.72 Å². The average Bonchev–Trinajstić information content (AvgIpc) is 1.78. The van der Waals surface area contributed by atoms with Crippen LogP contribution in [0.4, 0.5) is 0 Å². The zero-order valence-corrected chi connectivity index (χ0v) is 7.18. The van der Waals surface area contributed by atoms with Crippen LogP contribution >= 0.6 is 22.6 Å².